The molecule has 0 bridgehead atoms. The number of carbonyl (C=O) groups excluding carboxylic acids is 1. The van der Waals surface area contributed by atoms with Gasteiger partial charge in [-0.25, -0.2) is 4.98 Å². The SMILES string of the molecule is O=C(S)Nc1ccc2nc[nH]c2c1. The van der Waals surface area contributed by atoms with Crippen LogP contribution in [0.25, 0.3) is 11.0 Å². The molecule has 2 rings (SSSR count). The minimum Gasteiger partial charge on any atom is -0.345 e. The molecule has 0 atom stereocenters. The molecule has 66 valence electrons. The zero-order valence-electron chi connectivity index (χ0n) is 6.61. The molecule has 0 unspecified atom stereocenters. The minimum absolute atomic E-state index is 0.376. The molecule has 1 aromatic carbocycles. The molecule has 5 heteroatoms. The number of benzene rings is 1. The number of amides is 1. The molecule has 0 spiro atoms. The number of H-pyrrole nitrogens is 1. The van der Waals surface area contributed by atoms with E-state index in [1.54, 1.807) is 18.5 Å². The van der Waals surface area contributed by atoms with Gasteiger partial charge in [-0.15, -0.1) is 0 Å². The van der Waals surface area contributed by atoms with Gasteiger partial charge in [0.25, 0.3) is 5.24 Å². The molecule has 4 nitrogen and oxygen atoms in total. The molecular formula is C8H7N3OS. The molecule has 0 fully saturated rings. The molecule has 0 radical (unpaired) electrons. The van der Waals surface area contributed by atoms with Crippen LogP contribution in [0.2, 0.25) is 0 Å². The monoisotopic (exact) mass is 193 g/mol. The van der Waals surface area contributed by atoms with Gasteiger partial charge < -0.3 is 10.3 Å². The second-order valence-corrected chi connectivity index (χ2v) is 2.97. The molecule has 0 aliphatic carbocycles. The Morgan fingerprint density at radius 3 is 3.15 bits per heavy atom. The van der Waals surface area contributed by atoms with Crippen molar-refractivity contribution in [2.45, 2.75) is 0 Å². The van der Waals surface area contributed by atoms with Crippen LogP contribution in [0.5, 0.6) is 0 Å². The van der Waals surface area contributed by atoms with Gasteiger partial charge in [-0.2, -0.15) is 0 Å². The van der Waals surface area contributed by atoms with E-state index in [0.717, 1.165) is 11.0 Å². The first-order valence-electron chi connectivity index (χ1n) is 3.69. The predicted molar refractivity (Wildman–Crippen MR) is 54.1 cm³/mol. The van der Waals surface area contributed by atoms with E-state index in [0.29, 0.717) is 5.69 Å². The van der Waals surface area contributed by atoms with Crippen LogP contribution >= 0.6 is 12.6 Å². The number of nitrogens with zero attached hydrogens (tertiary/aromatic N) is 1. The Morgan fingerprint density at radius 2 is 2.38 bits per heavy atom. The van der Waals surface area contributed by atoms with E-state index in [9.17, 15) is 4.79 Å². The average Bonchev–Trinajstić information content (AvgIpc) is 2.49. The van der Waals surface area contributed by atoms with Crippen molar-refractivity contribution >= 4 is 34.6 Å². The predicted octanol–water partition coefficient (Wildman–Crippen LogP) is 2.02. The van der Waals surface area contributed by atoms with Crippen molar-refractivity contribution in [2.75, 3.05) is 5.32 Å². The van der Waals surface area contributed by atoms with E-state index < -0.39 is 0 Å². The number of hydrogen-bond donors (Lipinski definition) is 3. The molecule has 0 saturated carbocycles. The van der Waals surface area contributed by atoms with Crippen LogP contribution in [0.3, 0.4) is 0 Å². The average molecular weight is 193 g/mol. The summed E-state index contributed by atoms with van der Waals surface area (Å²) in [5.74, 6) is 0. The number of rotatable bonds is 1. The van der Waals surface area contributed by atoms with E-state index in [-0.39, 0.29) is 5.24 Å². The maximum atomic E-state index is 10.6. The topological polar surface area (TPSA) is 57.8 Å². The highest BCUT2D eigenvalue weighted by molar-refractivity contribution is 7.96. The molecule has 1 heterocycles. The van der Waals surface area contributed by atoms with Crippen molar-refractivity contribution in [3.8, 4) is 0 Å². The number of carbonyl (C=O) groups is 1. The second-order valence-electron chi connectivity index (χ2n) is 2.56. The number of anilines is 1. The Balaban J connectivity index is 2.42. The van der Waals surface area contributed by atoms with Gasteiger partial charge in [0, 0.05) is 5.69 Å². The second kappa shape index (κ2) is 3.10. The standard InChI is InChI=1S/C8H7N3OS/c12-8(13)11-5-1-2-6-7(3-5)10-4-9-6/h1-4H,(H,9,10)(H2,11,12,13). The first-order valence-corrected chi connectivity index (χ1v) is 4.13. The Morgan fingerprint density at radius 1 is 1.54 bits per heavy atom. The summed E-state index contributed by atoms with van der Waals surface area (Å²) < 4.78 is 0. The van der Waals surface area contributed by atoms with Crippen molar-refractivity contribution in [2.24, 2.45) is 0 Å². The lowest BCUT2D eigenvalue weighted by molar-refractivity contribution is 0.270. The third-order valence-corrected chi connectivity index (χ3v) is 1.78. The maximum Gasteiger partial charge on any atom is 0.280 e. The molecule has 1 aromatic heterocycles. The fraction of sp³-hybridized carbons (Fsp3) is 0. The van der Waals surface area contributed by atoms with Crippen molar-refractivity contribution in [1.29, 1.82) is 0 Å². The smallest absolute Gasteiger partial charge is 0.280 e. The summed E-state index contributed by atoms with van der Waals surface area (Å²) >= 11 is 3.61. The van der Waals surface area contributed by atoms with Crippen molar-refractivity contribution in [1.82, 2.24) is 9.97 Å². The number of aromatic nitrogens is 2. The Kier molecular flexibility index (Phi) is 1.94. The van der Waals surface area contributed by atoms with Crippen LogP contribution in [0.4, 0.5) is 10.5 Å². The van der Waals surface area contributed by atoms with Crippen LogP contribution in [0, 0.1) is 0 Å². The largest absolute Gasteiger partial charge is 0.345 e. The molecule has 0 aliphatic heterocycles. The van der Waals surface area contributed by atoms with Gasteiger partial charge in [0.15, 0.2) is 0 Å². The highest BCUT2D eigenvalue weighted by Gasteiger charge is 1.99. The van der Waals surface area contributed by atoms with E-state index >= 15 is 0 Å². The Labute approximate surface area is 79.8 Å². The number of fused-ring (bicyclic) bond motifs is 1. The third kappa shape index (κ3) is 1.65. The van der Waals surface area contributed by atoms with Crippen molar-refractivity contribution < 1.29 is 4.79 Å². The normalized spacial score (nSPS) is 10.2. The summed E-state index contributed by atoms with van der Waals surface area (Å²) in [7, 11) is 0. The zero-order chi connectivity index (χ0) is 9.26. The first kappa shape index (κ1) is 8.12. The van der Waals surface area contributed by atoms with Crippen LogP contribution in [0.15, 0.2) is 24.5 Å². The number of aromatic amines is 1. The number of nitrogens with one attached hydrogen (secondary N) is 2. The van der Waals surface area contributed by atoms with Gasteiger partial charge in [0.05, 0.1) is 17.4 Å². The lowest BCUT2D eigenvalue weighted by Crippen LogP contribution is -2.00. The molecule has 2 aromatic rings. The van der Waals surface area contributed by atoms with Crippen LogP contribution < -0.4 is 5.32 Å². The highest BCUT2D eigenvalue weighted by Crippen LogP contribution is 2.15. The van der Waals surface area contributed by atoms with E-state index in [1.165, 1.54) is 0 Å². The van der Waals surface area contributed by atoms with Crippen LogP contribution in [0.1, 0.15) is 0 Å². The summed E-state index contributed by atoms with van der Waals surface area (Å²) in [6, 6.07) is 5.40. The quantitative estimate of drug-likeness (QED) is 0.607. The molecule has 13 heavy (non-hydrogen) atoms. The van der Waals surface area contributed by atoms with Gasteiger partial charge in [0.1, 0.15) is 0 Å². The molecule has 0 aliphatic rings. The van der Waals surface area contributed by atoms with E-state index in [1.807, 2.05) is 6.07 Å². The number of hydrogen-bond acceptors (Lipinski definition) is 2. The number of thiol groups is 1. The van der Waals surface area contributed by atoms with Crippen molar-refractivity contribution in [3.63, 3.8) is 0 Å². The lowest BCUT2D eigenvalue weighted by Gasteiger charge is -1.99. The summed E-state index contributed by atoms with van der Waals surface area (Å²) in [5, 5.41) is 2.19. The fourth-order valence-electron chi connectivity index (χ4n) is 1.14. The van der Waals surface area contributed by atoms with Gasteiger partial charge in [-0.1, -0.05) is 12.6 Å². The van der Waals surface area contributed by atoms with Gasteiger partial charge in [0.2, 0.25) is 0 Å². The van der Waals surface area contributed by atoms with Crippen LogP contribution in [-0.4, -0.2) is 15.2 Å². The first-order chi connectivity index (χ1) is 6.25. The third-order valence-electron chi connectivity index (χ3n) is 1.67. The molecular weight excluding hydrogens is 186 g/mol. The zero-order valence-corrected chi connectivity index (χ0v) is 7.51. The summed E-state index contributed by atoms with van der Waals surface area (Å²) in [6.07, 6.45) is 1.61. The fourth-order valence-corrected chi connectivity index (χ4v) is 1.27. The van der Waals surface area contributed by atoms with Crippen molar-refractivity contribution in [3.05, 3.63) is 24.5 Å². The lowest BCUT2D eigenvalue weighted by atomic mass is 10.3. The van der Waals surface area contributed by atoms with E-state index in [4.69, 9.17) is 0 Å². The Hall–Kier alpha value is -1.49. The maximum absolute atomic E-state index is 10.6. The highest BCUT2D eigenvalue weighted by atomic mass is 32.1. The van der Waals surface area contributed by atoms with Gasteiger partial charge >= 0.3 is 0 Å². The van der Waals surface area contributed by atoms with Gasteiger partial charge in [-0.3, -0.25) is 4.79 Å². The summed E-state index contributed by atoms with van der Waals surface area (Å²) in [6.45, 7) is 0. The molecule has 0 saturated heterocycles. The van der Waals surface area contributed by atoms with Gasteiger partial charge in [-0.05, 0) is 18.2 Å². The minimum atomic E-state index is -0.376. The summed E-state index contributed by atoms with van der Waals surface area (Å²) in [4.78, 5) is 17.6. The summed E-state index contributed by atoms with van der Waals surface area (Å²) in [5.41, 5.74) is 2.47. The number of imidazole rings is 1. The molecule has 2 N–H and O–H groups in total. The van der Waals surface area contributed by atoms with Crippen LogP contribution in [-0.2, 0) is 0 Å². The molecule has 1 amide bonds. The Bertz CT molecular complexity index is 451. The van der Waals surface area contributed by atoms with E-state index in [2.05, 4.69) is 27.9 Å².